The van der Waals surface area contributed by atoms with E-state index in [1.54, 1.807) is 0 Å². The zero-order valence-corrected chi connectivity index (χ0v) is 7.59. The van der Waals surface area contributed by atoms with Crippen molar-refractivity contribution in [1.29, 1.82) is 0 Å². The molecule has 0 aromatic carbocycles. The number of hydrogen-bond donors (Lipinski definition) is 2. The lowest BCUT2D eigenvalue weighted by Crippen LogP contribution is -2.04. The first-order chi connectivity index (χ1) is 5.88. The molecule has 1 aromatic rings. The van der Waals surface area contributed by atoms with Gasteiger partial charge < -0.3 is 10.1 Å². The highest BCUT2D eigenvalue weighted by Crippen LogP contribution is 2.19. The van der Waals surface area contributed by atoms with Crippen LogP contribution in [0.25, 0.3) is 0 Å². The number of nitrogens with one attached hydrogen (secondary N) is 1. The number of rotatable bonds is 5. The predicted octanol–water partition coefficient (Wildman–Crippen LogP) is 2.28. The van der Waals surface area contributed by atoms with E-state index in [-0.39, 0.29) is 6.61 Å². The molecule has 0 bridgehead atoms. The van der Waals surface area contributed by atoms with Crippen LogP contribution in [0.1, 0.15) is 37.8 Å². The van der Waals surface area contributed by atoms with E-state index in [4.69, 9.17) is 5.11 Å². The molecular weight excluding hydrogens is 150 g/mol. The predicted molar refractivity (Wildman–Crippen MR) is 50.1 cm³/mol. The lowest BCUT2D eigenvalue weighted by atomic mass is 10.00. The van der Waals surface area contributed by atoms with E-state index >= 15 is 0 Å². The molecular formula is C10H17NO. The molecule has 1 atom stereocenters. The van der Waals surface area contributed by atoms with Crippen molar-refractivity contribution in [2.45, 2.75) is 32.1 Å². The number of aromatic amines is 1. The third kappa shape index (κ3) is 2.38. The van der Waals surface area contributed by atoms with Crippen LogP contribution >= 0.6 is 0 Å². The Labute approximate surface area is 73.6 Å². The monoisotopic (exact) mass is 167 g/mol. The molecule has 2 N–H and O–H groups in total. The van der Waals surface area contributed by atoms with Gasteiger partial charge in [0.05, 0.1) is 6.61 Å². The highest BCUT2D eigenvalue weighted by Gasteiger charge is 2.09. The standard InChI is InChI=1S/C10H17NO/c1-2-3-5-9(8-12)10-6-4-7-11-10/h4,6-7,9,11-12H,2-3,5,8H2,1H3. The Hall–Kier alpha value is -0.760. The summed E-state index contributed by atoms with van der Waals surface area (Å²) < 4.78 is 0. The maximum atomic E-state index is 9.10. The smallest absolute Gasteiger partial charge is 0.0514 e. The Bertz CT molecular complexity index is 194. The highest BCUT2D eigenvalue weighted by atomic mass is 16.3. The second kappa shape index (κ2) is 4.99. The van der Waals surface area contributed by atoms with Crippen LogP contribution < -0.4 is 0 Å². The fourth-order valence-corrected chi connectivity index (χ4v) is 1.39. The fourth-order valence-electron chi connectivity index (χ4n) is 1.39. The van der Waals surface area contributed by atoms with Gasteiger partial charge in [-0.05, 0) is 18.6 Å². The summed E-state index contributed by atoms with van der Waals surface area (Å²) in [6.45, 7) is 2.42. The number of aliphatic hydroxyl groups is 1. The van der Waals surface area contributed by atoms with Crippen LogP contribution in [-0.2, 0) is 0 Å². The van der Waals surface area contributed by atoms with Gasteiger partial charge in [0, 0.05) is 17.8 Å². The molecule has 0 saturated carbocycles. The Kier molecular flexibility index (Phi) is 3.88. The zero-order valence-electron chi connectivity index (χ0n) is 7.59. The van der Waals surface area contributed by atoms with Crippen molar-refractivity contribution in [3.63, 3.8) is 0 Å². The summed E-state index contributed by atoms with van der Waals surface area (Å²) in [5, 5.41) is 9.10. The quantitative estimate of drug-likeness (QED) is 0.693. The summed E-state index contributed by atoms with van der Waals surface area (Å²) in [5.74, 6) is 0.306. The van der Waals surface area contributed by atoms with E-state index in [2.05, 4.69) is 11.9 Å². The number of aliphatic hydroxyl groups excluding tert-OH is 1. The molecule has 1 aromatic heterocycles. The maximum absolute atomic E-state index is 9.10. The molecule has 0 spiro atoms. The van der Waals surface area contributed by atoms with Crippen LogP contribution in [0.3, 0.4) is 0 Å². The van der Waals surface area contributed by atoms with E-state index in [1.807, 2.05) is 18.3 Å². The minimum atomic E-state index is 0.251. The lowest BCUT2D eigenvalue weighted by molar-refractivity contribution is 0.255. The first kappa shape index (κ1) is 9.33. The van der Waals surface area contributed by atoms with Crippen molar-refractivity contribution in [3.05, 3.63) is 24.0 Å². The van der Waals surface area contributed by atoms with Gasteiger partial charge in [-0.15, -0.1) is 0 Å². The molecule has 2 heteroatoms. The number of hydrogen-bond acceptors (Lipinski definition) is 1. The summed E-state index contributed by atoms with van der Waals surface area (Å²) >= 11 is 0. The van der Waals surface area contributed by atoms with Crippen LogP contribution in [0.5, 0.6) is 0 Å². The van der Waals surface area contributed by atoms with Gasteiger partial charge in [-0.2, -0.15) is 0 Å². The van der Waals surface area contributed by atoms with Crippen LogP contribution in [0.4, 0.5) is 0 Å². The third-order valence-corrected chi connectivity index (χ3v) is 2.19. The first-order valence-electron chi connectivity index (χ1n) is 4.62. The molecule has 0 amide bonds. The average molecular weight is 167 g/mol. The molecule has 0 aliphatic carbocycles. The van der Waals surface area contributed by atoms with Crippen molar-refractivity contribution in [2.75, 3.05) is 6.61 Å². The third-order valence-electron chi connectivity index (χ3n) is 2.19. The van der Waals surface area contributed by atoms with Crippen molar-refractivity contribution in [1.82, 2.24) is 4.98 Å². The molecule has 0 radical (unpaired) electrons. The molecule has 2 nitrogen and oxygen atoms in total. The lowest BCUT2D eigenvalue weighted by Gasteiger charge is -2.11. The Morgan fingerprint density at radius 1 is 1.58 bits per heavy atom. The minimum absolute atomic E-state index is 0.251. The van der Waals surface area contributed by atoms with E-state index in [9.17, 15) is 0 Å². The van der Waals surface area contributed by atoms with Crippen molar-refractivity contribution < 1.29 is 5.11 Å². The van der Waals surface area contributed by atoms with Crippen LogP contribution in [-0.4, -0.2) is 16.7 Å². The molecule has 0 fully saturated rings. The molecule has 68 valence electrons. The topological polar surface area (TPSA) is 36.0 Å². The number of aromatic nitrogens is 1. The SMILES string of the molecule is CCCCC(CO)c1ccc[nH]1. The molecule has 1 rings (SSSR count). The fraction of sp³-hybridized carbons (Fsp3) is 0.600. The summed E-state index contributed by atoms with van der Waals surface area (Å²) in [5.41, 5.74) is 1.16. The molecule has 0 aliphatic heterocycles. The van der Waals surface area contributed by atoms with Gasteiger partial charge in [0.1, 0.15) is 0 Å². The second-order valence-electron chi connectivity index (χ2n) is 3.15. The molecule has 1 unspecified atom stereocenters. The van der Waals surface area contributed by atoms with E-state index < -0.39 is 0 Å². The van der Waals surface area contributed by atoms with Gasteiger partial charge >= 0.3 is 0 Å². The van der Waals surface area contributed by atoms with Gasteiger partial charge in [0.2, 0.25) is 0 Å². The van der Waals surface area contributed by atoms with Gasteiger partial charge in [0.15, 0.2) is 0 Å². The Morgan fingerprint density at radius 2 is 2.42 bits per heavy atom. The summed E-state index contributed by atoms with van der Waals surface area (Å²) in [7, 11) is 0. The van der Waals surface area contributed by atoms with Gasteiger partial charge in [-0.25, -0.2) is 0 Å². The normalized spacial score (nSPS) is 13.2. The van der Waals surface area contributed by atoms with Crippen LogP contribution in [0.15, 0.2) is 18.3 Å². The van der Waals surface area contributed by atoms with Gasteiger partial charge in [0.25, 0.3) is 0 Å². The Morgan fingerprint density at radius 3 is 2.92 bits per heavy atom. The summed E-state index contributed by atoms with van der Waals surface area (Å²) in [4.78, 5) is 3.14. The van der Waals surface area contributed by atoms with E-state index in [1.165, 1.54) is 12.8 Å². The van der Waals surface area contributed by atoms with E-state index in [0.29, 0.717) is 5.92 Å². The summed E-state index contributed by atoms with van der Waals surface area (Å²) in [6.07, 6.45) is 5.36. The van der Waals surface area contributed by atoms with E-state index in [0.717, 1.165) is 12.1 Å². The van der Waals surface area contributed by atoms with Crippen molar-refractivity contribution in [3.8, 4) is 0 Å². The van der Waals surface area contributed by atoms with Gasteiger partial charge in [-0.1, -0.05) is 19.8 Å². The molecule has 1 heterocycles. The van der Waals surface area contributed by atoms with Crippen molar-refractivity contribution >= 4 is 0 Å². The molecule has 12 heavy (non-hydrogen) atoms. The Balaban J connectivity index is 2.45. The highest BCUT2D eigenvalue weighted by molar-refractivity contribution is 5.09. The number of unbranched alkanes of at least 4 members (excludes halogenated alkanes) is 1. The van der Waals surface area contributed by atoms with Crippen LogP contribution in [0, 0.1) is 0 Å². The molecule has 0 saturated heterocycles. The van der Waals surface area contributed by atoms with Gasteiger partial charge in [-0.3, -0.25) is 0 Å². The van der Waals surface area contributed by atoms with Crippen LogP contribution in [0.2, 0.25) is 0 Å². The largest absolute Gasteiger partial charge is 0.396 e. The molecule has 0 aliphatic rings. The minimum Gasteiger partial charge on any atom is -0.396 e. The average Bonchev–Trinajstić information content (AvgIpc) is 2.59. The summed E-state index contributed by atoms with van der Waals surface area (Å²) in [6, 6.07) is 4.01. The number of H-pyrrole nitrogens is 1. The maximum Gasteiger partial charge on any atom is 0.0514 e. The van der Waals surface area contributed by atoms with Crippen molar-refractivity contribution in [2.24, 2.45) is 0 Å². The zero-order chi connectivity index (χ0) is 8.81. The first-order valence-corrected chi connectivity index (χ1v) is 4.62. The second-order valence-corrected chi connectivity index (χ2v) is 3.15.